The Kier molecular flexibility index (Phi) is 5.76. The molecule has 0 saturated heterocycles. The summed E-state index contributed by atoms with van der Waals surface area (Å²) in [5.74, 6) is 0. The van der Waals surface area contributed by atoms with Crippen molar-refractivity contribution >= 4 is 0 Å². The Labute approximate surface area is 110 Å². The van der Waals surface area contributed by atoms with Crippen LogP contribution in [0.2, 0.25) is 0 Å². The topological polar surface area (TPSA) is 52.0 Å². The van der Waals surface area contributed by atoms with Crippen LogP contribution >= 0.6 is 0 Å². The Hall–Kier alpha value is -1.44. The Balaban J connectivity index is 2.42. The molecule has 1 heterocycles. The van der Waals surface area contributed by atoms with Crippen molar-refractivity contribution in [2.75, 3.05) is 26.7 Å². The van der Waals surface area contributed by atoms with Gasteiger partial charge < -0.3 is 4.90 Å². The Bertz CT molecular complexity index is 385. The van der Waals surface area contributed by atoms with E-state index < -0.39 is 5.54 Å². The third-order valence-corrected chi connectivity index (χ3v) is 2.88. The normalized spacial score (nSPS) is 14.2. The highest BCUT2D eigenvalue weighted by Crippen LogP contribution is 2.05. The number of aromatic nitrogens is 1. The smallest absolute Gasteiger partial charge is 0.116 e. The third-order valence-electron chi connectivity index (χ3n) is 2.88. The second-order valence-electron chi connectivity index (χ2n) is 4.78. The van der Waals surface area contributed by atoms with E-state index in [9.17, 15) is 5.26 Å². The first-order chi connectivity index (χ1) is 8.59. The van der Waals surface area contributed by atoms with Crippen molar-refractivity contribution in [1.29, 1.82) is 5.26 Å². The van der Waals surface area contributed by atoms with Crippen molar-refractivity contribution in [2.45, 2.75) is 25.8 Å². The maximum atomic E-state index is 9.20. The molecule has 0 bridgehead atoms. The Morgan fingerprint density at radius 1 is 1.50 bits per heavy atom. The monoisotopic (exact) mass is 246 g/mol. The van der Waals surface area contributed by atoms with Gasteiger partial charge in [0.05, 0.1) is 6.07 Å². The standard InChI is InChI=1S/C14H22N4/c1-4-17-14(2,11-15)12-18(3)10-8-13-7-5-6-9-16-13/h5-7,9,17H,4,8,10,12H2,1-3H3. The molecule has 1 rings (SSSR count). The molecule has 0 aliphatic heterocycles. The Morgan fingerprint density at radius 3 is 2.83 bits per heavy atom. The van der Waals surface area contributed by atoms with Crippen molar-refractivity contribution in [3.63, 3.8) is 0 Å². The number of hydrogen-bond acceptors (Lipinski definition) is 4. The van der Waals surface area contributed by atoms with Gasteiger partial charge in [0.15, 0.2) is 0 Å². The number of nitriles is 1. The molecule has 0 spiro atoms. The van der Waals surface area contributed by atoms with Gasteiger partial charge in [-0.15, -0.1) is 0 Å². The summed E-state index contributed by atoms with van der Waals surface area (Å²) in [5.41, 5.74) is 0.611. The van der Waals surface area contributed by atoms with Crippen LogP contribution in [0, 0.1) is 11.3 Å². The molecule has 1 aromatic heterocycles. The highest BCUT2D eigenvalue weighted by Gasteiger charge is 2.23. The molecule has 4 nitrogen and oxygen atoms in total. The van der Waals surface area contributed by atoms with Crippen molar-refractivity contribution in [1.82, 2.24) is 15.2 Å². The highest BCUT2D eigenvalue weighted by molar-refractivity contribution is 5.06. The summed E-state index contributed by atoms with van der Waals surface area (Å²) in [6.07, 6.45) is 2.72. The van der Waals surface area contributed by atoms with Gasteiger partial charge in [-0.2, -0.15) is 5.26 Å². The zero-order valence-corrected chi connectivity index (χ0v) is 11.5. The van der Waals surface area contributed by atoms with E-state index >= 15 is 0 Å². The van der Waals surface area contributed by atoms with Crippen LogP contribution in [0.5, 0.6) is 0 Å². The molecule has 98 valence electrons. The molecule has 0 fully saturated rings. The summed E-state index contributed by atoms with van der Waals surface area (Å²) in [7, 11) is 2.04. The summed E-state index contributed by atoms with van der Waals surface area (Å²) >= 11 is 0. The van der Waals surface area contributed by atoms with Gasteiger partial charge in [0.1, 0.15) is 5.54 Å². The summed E-state index contributed by atoms with van der Waals surface area (Å²) in [4.78, 5) is 6.46. The molecule has 1 unspecified atom stereocenters. The lowest BCUT2D eigenvalue weighted by Crippen LogP contribution is -2.49. The lowest BCUT2D eigenvalue weighted by atomic mass is 10.0. The number of likely N-dealkylation sites (N-methyl/N-ethyl adjacent to an activating group) is 2. The fraction of sp³-hybridized carbons (Fsp3) is 0.571. The quantitative estimate of drug-likeness (QED) is 0.791. The summed E-state index contributed by atoms with van der Waals surface area (Å²) in [6.45, 7) is 6.37. The maximum Gasteiger partial charge on any atom is 0.116 e. The predicted octanol–water partition coefficient (Wildman–Crippen LogP) is 1.45. The minimum Gasteiger partial charge on any atom is -0.303 e. The molecule has 0 aliphatic carbocycles. The Morgan fingerprint density at radius 2 is 2.28 bits per heavy atom. The van der Waals surface area contributed by atoms with E-state index in [1.54, 1.807) is 0 Å². The molecule has 0 radical (unpaired) electrons. The number of hydrogen-bond donors (Lipinski definition) is 1. The van der Waals surface area contributed by atoms with Gasteiger partial charge in [-0.05, 0) is 32.6 Å². The van der Waals surface area contributed by atoms with Gasteiger partial charge in [0.25, 0.3) is 0 Å². The first-order valence-corrected chi connectivity index (χ1v) is 6.34. The lowest BCUT2D eigenvalue weighted by molar-refractivity contribution is 0.264. The molecular formula is C14H22N4. The third kappa shape index (κ3) is 4.82. The largest absolute Gasteiger partial charge is 0.303 e. The van der Waals surface area contributed by atoms with E-state index in [0.29, 0.717) is 6.54 Å². The van der Waals surface area contributed by atoms with E-state index in [4.69, 9.17) is 0 Å². The van der Waals surface area contributed by atoms with Crippen molar-refractivity contribution in [2.24, 2.45) is 0 Å². The van der Waals surface area contributed by atoms with E-state index in [0.717, 1.165) is 25.2 Å². The van der Waals surface area contributed by atoms with Crippen LogP contribution in [0.25, 0.3) is 0 Å². The SMILES string of the molecule is CCNC(C)(C#N)CN(C)CCc1ccccn1. The summed E-state index contributed by atoms with van der Waals surface area (Å²) < 4.78 is 0. The van der Waals surface area contributed by atoms with Crippen LogP contribution in [-0.2, 0) is 6.42 Å². The number of rotatable bonds is 7. The van der Waals surface area contributed by atoms with Crippen LogP contribution in [0.15, 0.2) is 24.4 Å². The van der Waals surface area contributed by atoms with Crippen LogP contribution < -0.4 is 5.32 Å². The molecule has 1 aromatic rings. The van der Waals surface area contributed by atoms with Crippen LogP contribution in [0.3, 0.4) is 0 Å². The first kappa shape index (κ1) is 14.6. The van der Waals surface area contributed by atoms with Gasteiger partial charge >= 0.3 is 0 Å². The molecule has 0 amide bonds. The molecule has 0 saturated carbocycles. The van der Waals surface area contributed by atoms with Crippen molar-refractivity contribution < 1.29 is 0 Å². The van der Waals surface area contributed by atoms with Crippen molar-refractivity contribution in [3.05, 3.63) is 30.1 Å². The van der Waals surface area contributed by atoms with E-state index in [1.807, 2.05) is 45.3 Å². The lowest BCUT2D eigenvalue weighted by Gasteiger charge is -2.28. The zero-order chi connectivity index (χ0) is 13.4. The van der Waals surface area contributed by atoms with E-state index in [-0.39, 0.29) is 0 Å². The first-order valence-electron chi connectivity index (χ1n) is 6.34. The van der Waals surface area contributed by atoms with Crippen LogP contribution in [-0.4, -0.2) is 42.1 Å². The average molecular weight is 246 g/mol. The minimum absolute atomic E-state index is 0.479. The second kappa shape index (κ2) is 7.10. The van der Waals surface area contributed by atoms with Gasteiger partial charge in [-0.1, -0.05) is 13.0 Å². The molecule has 1 N–H and O–H groups in total. The van der Waals surface area contributed by atoms with Gasteiger partial charge in [-0.25, -0.2) is 0 Å². The molecule has 18 heavy (non-hydrogen) atoms. The molecule has 4 heteroatoms. The molecular weight excluding hydrogens is 224 g/mol. The molecule has 0 aliphatic rings. The van der Waals surface area contributed by atoms with Crippen LogP contribution in [0.4, 0.5) is 0 Å². The zero-order valence-electron chi connectivity index (χ0n) is 11.5. The fourth-order valence-corrected chi connectivity index (χ4v) is 1.99. The predicted molar refractivity (Wildman–Crippen MR) is 73.1 cm³/mol. The summed E-state index contributed by atoms with van der Waals surface area (Å²) in [6, 6.07) is 8.29. The fourth-order valence-electron chi connectivity index (χ4n) is 1.99. The van der Waals surface area contributed by atoms with E-state index in [1.165, 1.54) is 0 Å². The number of pyridine rings is 1. The number of nitrogens with zero attached hydrogens (tertiary/aromatic N) is 3. The summed E-state index contributed by atoms with van der Waals surface area (Å²) in [5, 5.41) is 12.4. The minimum atomic E-state index is -0.479. The van der Waals surface area contributed by atoms with Gasteiger partial charge in [0.2, 0.25) is 0 Å². The van der Waals surface area contributed by atoms with E-state index in [2.05, 4.69) is 21.3 Å². The second-order valence-corrected chi connectivity index (χ2v) is 4.78. The maximum absolute atomic E-state index is 9.20. The number of nitrogens with one attached hydrogen (secondary N) is 1. The molecule has 0 aromatic carbocycles. The van der Waals surface area contributed by atoms with Crippen LogP contribution in [0.1, 0.15) is 19.5 Å². The average Bonchev–Trinajstić information content (AvgIpc) is 2.38. The highest BCUT2D eigenvalue weighted by atomic mass is 15.1. The molecule has 1 atom stereocenters. The van der Waals surface area contributed by atoms with Gasteiger partial charge in [0, 0.05) is 31.4 Å². The van der Waals surface area contributed by atoms with Gasteiger partial charge in [-0.3, -0.25) is 10.3 Å². The van der Waals surface area contributed by atoms with Crippen molar-refractivity contribution in [3.8, 4) is 6.07 Å².